The molecule has 1 saturated carbocycles. The van der Waals surface area contributed by atoms with E-state index in [0.29, 0.717) is 28.8 Å². The number of hydrogen-bond acceptors (Lipinski definition) is 6. The number of rotatable bonds is 6. The molecule has 1 aromatic heterocycles. The number of benzene rings is 2. The fraction of sp³-hybridized carbons (Fsp3) is 0.444. The molecular weight excluding hydrogens is 432 g/mol. The van der Waals surface area contributed by atoms with Crippen LogP contribution in [0.4, 0.5) is 5.69 Å². The normalized spacial score (nSPS) is 18.8. The lowest BCUT2D eigenvalue weighted by Gasteiger charge is -2.41. The molecule has 0 radical (unpaired) electrons. The first-order valence-corrected chi connectivity index (χ1v) is 12.0. The Balaban J connectivity index is 1.30. The summed E-state index contributed by atoms with van der Waals surface area (Å²) in [4.78, 5) is 15.4. The van der Waals surface area contributed by atoms with Crippen LogP contribution in [-0.2, 0) is 5.60 Å². The number of fused-ring (bicyclic) bond motifs is 1. The minimum absolute atomic E-state index is 0.213. The molecule has 0 atom stereocenters. The van der Waals surface area contributed by atoms with Gasteiger partial charge in [-0.1, -0.05) is 18.9 Å². The number of anilines is 1. The lowest BCUT2D eigenvalue weighted by atomic mass is 9.83. The summed E-state index contributed by atoms with van der Waals surface area (Å²) in [7, 11) is 3.11. The number of hydrogen-bond donors (Lipinski definition) is 2. The van der Waals surface area contributed by atoms with Gasteiger partial charge in [-0.25, -0.2) is 0 Å². The maximum absolute atomic E-state index is 12.8. The number of nitrogens with one attached hydrogen (secondary N) is 1. The highest BCUT2D eigenvalue weighted by Gasteiger charge is 2.36. The largest absolute Gasteiger partial charge is 0.493 e. The maximum Gasteiger partial charge on any atom is 0.291 e. The minimum atomic E-state index is -0.845. The number of methoxy groups -OCH3 is 2. The van der Waals surface area contributed by atoms with Gasteiger partial charge < -0.3 is 29.2 Å². The van der Waals surface area contributed by atoms with Crippen molar-refractivity contribution in [2.24, 2.45) is 0 Å². The third kappa shape index (κ3) is 4.38. The molecule has 0 unspecified atom stereocenters. The van der Waals surface area contributed by atoms with Crippen molar-refractivity contribution in [3.63, 3.8) is 0 Å². The zero-order valence-electron chi connectivity index (χ0n) is 19.8. The van der Waals surface area contributed by atoms with Crippen molar-refractivity contribution in [1.29, 1.82) is 0 Å². The van der Waals surface area contributed by atoms with E-state index < -0.39 is 5.60 Å². The SMILES string of the molecule is COc1ccc(NC(=O)c2cc3cc(C4(O)CCN(C5CCCC5)CC4)ccc3o2)cc1OC. The highest BCUT2D eigenvalue weighted by Crippen LogP contribution is 2.37. The Hall–Kier alpha value is -3.03. The van der Waals surface area contributed by atoms with Crippen LogP contribution in [0.15, 0.2) is 46.9 Å². The average Bonchev–Trinajstić information content (AvgIpc) is 3.54. The molecule has 3 aromatic rings. The predicted molar refractivity (Wildman–Crippen MR) is 131 cm³/mol. The molecule has 1 saturated heterocycles. The quantitative estimate of drug-likeness (QED) is 0.538. The lowest BCUT2D eigenvalue weighted by molar-refractivity contribution is -0.0349. The third-order valence-electron chi connectivity index (χ3n) is 7.39. The van der Waals surface area contributed by atoms with Crippen LogP contribution in [0, 0.1) is 0 Å². The Morgan fingerprint density at radius 2 is 1.76 bits per heavy atom. The Morgan fingerprint density at radius 1 is 1.03 bits per heavy atom. The minimum Gasteiger partial charge on any atom is -0.493 e. The molecule has 7 heteroatoms. The molecule has 2 aliphatic rings. The molecule has 0 spiro atoms. The zero-order valence-corrected chi connectivity index (χ0v) is 19.8. The van der Waals surface area contributed by atoms with Crippen LogP contribution in [0.2, 0.25) is 0 Å². The molecule has 1 aliphatic heterocycles. The highest BCUT2D eigenvalue weighted by molar-refractivity contribution is 6.04. The average molecular weight is 465 g/mol. The van der Waals surface area contributed by atoms with Gasteiger partial charge in [0.2, 0.25) is 0 Å². The van der Waals surface area contributed by atoms with Crippen LogP contribution in [0.5, 0.6) is 11.5 Å². The Morgan fingerprint density at radius 3 is 2.47 bits per heavy atom. The zero-order chi connectivity index (χ0) is 23.7. The van der Waals surface area contributed by atoms with Crippen LogP contribution in [0.3, 0.4) is 0 Å². The van der Waals surface area contributed by atoms with E-state index in [1.165, 1.54) is 25.7 Å². The molecule has 1 aliphatic carbocycles. The maximum atomic E-state index is 12.8. The summed E-state index contributed by atoms with van der Waals surface area (Å²) in [5.41, 5.74) is 1.24. The van der Waals surface area contributed by atoms with E-state index in [0.717, 1.165) is 36.9 Å². The van der Waals surface area contributed by atoms with Crippen LogP contribution in [-0.4, -0.2) is 49.3 Å². The van der Waals surface area contributed by atoms with Gasteiger partial charge in [0, 0.05) is 36.3 Å². The van der Waals surface area contributed by atoms with Crippen molar-refractivity contribution in [1.82, 2.24) is 4.90 Å². The Kier molecular flexibility index (Phi) is 6.23. The molecule has 5 rings (SSSR count). The monoisotopic (exact) mass is 464 g/mol. The second-order valence-corrected chi connectivity index (χ2v) is 9.39. The van der Waals surface area contributed by atoms with Gasteiger partial charge in [0.15, 0.2) is 17.3 Å². The number of carbonyl (C=O) groups excluding carboxylic acids is 1. The number of amides is 1. The van der Waals surface area contributed by atoms with Gasteiger partial charge in [-0.3, -0.25) is 4.79 Å². The Bertz CT molecular complexity index is 1170. The van der Waals surface area contributed by atoms with E-state index in [1.54, 1.807) is 38.5 Å². The van der Waals surface area contributed by atoms with Crippen molar-refractivity contribution in [2.75, 3.05) is 32.6 Å². The van der Waals surface area contributed by atoms with E-state index in [1.807, 2.05) is 18.2 Å². The third-order valence-corrected chi connectivity index (χ3v) is 7.39. The second kappa shape index (κ2) is 9.31. The summed E-state index contributed by atoms with van der Waals surface area (Å²) in [6, 6.07) is 13.3. The standard InChI is InChI=1S/C27H32N2O5/c1-32-23-10-8-20(17-24(23)33-2)28-26(30)25-16-18-15-19(7-9-22(18)34-25)27(31)11-13-29(14-12-27)21-5-3-4-6-21/h7-10,15-17,21,31H,3-6,11-14H2,1-2H3,(H,28,30). The highest BCUT2D eigenvalue weighted by atomic mass is 16.5. The van der Waals surface area contributed by atoms with Gasteiger partial charge in [0.05, 0.1) is 19.8 Å². The topological polar surface area (TPSA) is 84.2 Å². The predicted octanol–water partition coefficient (Wildman–Crippen LogP) is 4.93. The summed E-state index contributed by atoms with van der Waals surface area (Å²) in [6.45, 7) is 1.84. The molecule has 34 heavy (non-hydrogen) atoms. The molecule has 180 valence electrons. The molecule has 7 nitrogen and oxygen atoms in total. The lowest BCUT2D eigenvalue weighted by Crippen LogP contribution is -2.46. The van der Waals surface area contributed by atoms with E-state index in [2.05, 4.69) is 10.2 Å². The van der Waals surface area contributed by atoms with Crippen LogP contribution in [0.1, 0.15) is 54.6 Å². The van der Waals surface area contributed by atoms with E-state index in [-0.39, 0.29) is 11.7 Å². The number of likely N-dealkylation sites (tertiary alicyclic amines) is 1. The van der Waals surface area contributed by atoms with Gasteiger partial charge in [-0.05, 0) is 61.6 Å². The molecule has 1 amide bonds. The molecular formula is C27H32N2O5. The summed E-state index contributed by atoms with van der Waals surface area (Å²) >= 11 is 0. The molecule has 2 fully saturated rings. The van der Waals surface area contributed by atoms with E-state index in [9.17, 15) is 9.90 Å². The summed E-state index contributed by atoms with van der Waals surface area (Å²) < 4.78 is 16.3. The molecule has 0 bridgehead atoms. The van der Waals surface area contributed by atoms with Crippen molar-refractivity contribution in [3.8, 4) is 11.5 Å². The first kappa shape index (κ1) is 22.7. The van der Waals surface area contributed by atoms with Gasteiger partial charge in [0.25, 0.3) is 5.91 Å². The summed E-state index contributed by atoms with van der Waals surface area (Å²) in [6.07, 6.45) is 6.66. The van der Waals surface area contributed by atoms with Gasteiger partial charge in [0.1, 0.15) is 5.58 Å². The molecule has 2 aromatic carbocycles. The molecule has 2 heterocycles. The summed E-state index contributed by atoms with van der Waals surface area (Å²) in [5.74, 6) is 0.976. The number of ether oxygens (including phenoxy) is 2. The number of furan rings is 1. The number of aliphatic hydroxyl groups is 1. The van der Waals surface area contributed by atoms with Crippen molar-refractivity contribution < 1.29 is 23.8 Å². The summed E-state index contributed by atoms with van der Waals surface area (Å²) in [5, 5.41) is 15.1. The number of carbonyl (C=O) groups is 1. The molecule has 2 N–H and O–H groups in total. The second-order valence-electron chi connectivity index (χ2n) is 9.39. The van der Waals surface area contributed by atoms with Crippen molar-refractivity contribution in [3.05, 3.63) is 53.8 Å². The number of piperidine rings is 1. The van der Waals surface area contributed by atoms with E-state index in [4.69, 9.17) is 13.9 Å². The number of nitrogens with zero attached hydrogens (tertiary/aromatic N) is 1. The first-order valence-electron chi connectivity index (χ1n) is 12.0. The fourth-order valence-corrected chi connectivity index (χ4v) is 5.37. The van der Waals surface area contributed by atoms with Gasteiger partial charge >= 0.3 is 0 Å². The smallest absolute Gasteiger partial charge is 0.291 e. The van der Waals surface area contributed by atoms with Crippen LogP contribution in [0.25, 0.3) is 11.0 Å². The fourth-order valence-electron chi connectivity index (χ4n) is 5.37. The van der Waals surface area contributed by atoms with E-state index >= 15 is 0 Å². The Labute approximate surface area is 199 Å². The first-order chi connectivity index (χ1) is 16.5. The van der Waals surface area contributed by atoms with Gasteiger partial charge in [-0.2, -0.15) is 0 Å². The van der Waals surface area contributed by atoms with Gasteiger partial charge in [-0.15, -0.1) is 0 Å². The van der Waals surface area contributed by atoms with Crippen LogP contribution < -0.4 is 14.8 Å². The van der Waals surface area contributed by atoms with Crippen LogP contribution >= 0.6 is 0 Å². The van der Waals surface area contributed by atoms with Crippen molar-refractivity contribution >= 4 is 22.6 Å². The van der Waals surface area contributed by atoms with Crippen molar-refractivity contribution in [2.45, 2.75) is 50.2 Å².